The molecule has 0 aliphatic carbocycles. The summed E-state index contributed by atoms with van der Waals surface area (Å²) in [5.41, 5.74) is 0.460. The number of ether oxygens (including phenoxy) is 1. The first kappa shape index (κ1) is 16.7. The molecule has 1 unspecified atom stereocenters. The molecule has 7 heteroatoms. The highest BCUT2D eigenvalue weighted by Crippen LogP contribution is 2.22. The summed E-state index contributed by atoms with van der Waals surface area (Å²) in [6.45, 7) is 0.665. The van der Waals surface area contributed by atoms with E-state index in [1.54, 1.807) is 12.1 Å². The van der Waals surface area contributed by atoms with Crippen LogP contribution in [0.25, 0.3) is 0 Å². The summed E-state index contributed by atoms with van der Waals surface area (Å²) in [7, 11) is 0. The van der Waals surface area contributed by atoms with Gasteiger partial charge in [0.1, 0.15) is 5.75 Å². The van der Waals surface area contributed by atoms with Crippen molar-refractivity contribution in [2.45, 2.75) is 13.5 Å². The minimum Gasteiger partial charge on any atom is -0.435 e. The molecule has 20 heavy (non-hydrogen) atoms. The van der Waals surface area contributed by atoms with Crippen molar-refractivity contribution < 1.29 is 18.3 Å². The van der Waals surface area contributed by atoms with Crippen molar-refractivity contribution in [1.29, 1.82) is 0 Å². The SMILES string of the molecule is CC(C(=O)Nc1cccc(OC(F)F)c1)C1CNC1.Cl. The Hall–Kier alpha value is -1.40. The molecule has 1 saturated heterocycles. The van der Waals surface area contributed by atoms with E-state index in [9.17, 15) is 13.6 Å². The number of amides is 1. The molecule has 1 amide bonds. The van der Waals surface area contributed by atoms with Crippen LogP contribution in [-0.2, 0) is 4.79 Å². The van der Waals surface area contributed by atoms with Crippen LogP contribution in [0, 0.1) is 11.8 Å². The average Bonchev–Trinajstić information content (AvgIpc) is 2.26. The molecular weight excluding hydrogens is 290 g/mol. The Morgan fingerprint density at radius 1 is 1.45 bits per heavy atom. The molecule has 112 valence electrons. The summed E-state index contributed by atoms with van der Waals surface area (Å²) in [5, 5.41) is 5.82. The van der Waals surface area contributed by atoms with Crippen LogP contribution in [0.3, 0.4) is 0 Å². The maximum atomic E-state index is 12.1. The lowest BCUT2D eigenvalue weighted by Crippen LogP contribution is -2.48. The van der Waals surface area contributed by atoms with Crippen LogP contribution in [0.2, 0.25) is 0 Å². The predicted octanol–water partition coefficient (Wildman–Crippen LogP) is 2.50. The maximum absolute atomic E-state index is 12.1. The summed E-state index contributed by atoms with van der Waals surface area (Å²) >= 11 is 0. The number of carbonyl (C=O) groups excluding carboxylic acids is 1. The molecule has 1 aromatic carbocycles. The predicted molar refractivity (Wildman–Crippen MR) is 74.5 cm³/mol. The highest BCUT2D eigenvalue weighted by molar-refractivity contribution is 5.92. The van der Waals surface area contributed by atoms with Crippen molar-refractivity contribution in [3.05, 3.63) is 24.3 Å². The topological polar surface area (TPSA) is 50.4 Å². The van der Waals surface area contributed by atoms with Crippen molar-refractivity contribution in [2.24, 2.45) is 11.8 Å². The van der Waals surface area contributed by atoms with E-state index in [0.29, 0.717) is 11.6 Å². The first-order chi connectivity index (χ1) is 9.06. The molecule has 1 aliphatic heterocycles. The van der Waals surface area contributed by atoms with E-state index in [-0.39, 0.29) is 30.0 Å². The molecule has 0 spiro atoms. The Balaban J connectivity index is 0.00000200. The molecule has 1 fully saturated rings. The quantitative estimate of drug-likeness (QED) is 0.879. The lowest BCUT2D eigenvalue weighted by molar-refractivity contribution is -0.121. The zero-order valence-electron chi connectivity index (χ0n) is 10.9. The average molecular weight is 307 g/mol. The first-order valence-corrected chi connectivity index (χ1v) is 6.12. The summed E-state index contributed by atoms with van der Waals surface area (Å²) in [6.07, 6.45) is 0. The molecule has 1 atom stereocenters. The van der Waals surface area contributed by atoms with E-state index in [0.717, 1.165) is 13.1 Å². The largest absolute Gasteiger partial charge is 0.435 e. The number of hydrogen-bond acceptors (Lipinski definition) is 3. The van der Waals surface area contributed by atoms with E-state index in [2.05, 4.69) is 15.4 Å². The zero-order valence-corrected chi connectivity index (χ0v) is 11.8. The molecule has 0 aromatic heterocycles. The molecule has 1 aromatic rings. The van der Waals surface area contributed by atoms with E-state index in [4.69, 9.17) is 0 Å². The molecule has 4 nitrogen and oxygen atoms in total. The summed E-state index contributed by atoms with van der Waals surface area (Å²) in [5.74, 6) is 0.146. The standard InChI is InChI=1S/C13H16F2N2O2.ClH/c1-8(9-6-16-7-9)12(18)17-10-3-2-4-11(5-10)19-13(14)15;/h2-5,8-9,13,16H,6-7H2,1H3,(H,17,18);1H. The van der Waals surface area contributed by atoms with Gasteiger partial charge in [-0.2, -0.15) is 8.78 Å². The van der Waals surface area contributed by atoms with Gasteiger partial charge in [-0.3, -0.25) is 4.79 Å². The minimum atomic E-state index is -2.87. The molecule has 0 bridgehead atoms. The Morgan fingerprint density at radius 3 is 2.70 bits per heavy atom. The molecule has 0 radical (unpaired) electrons. The van der Waals surface area contributed by atoms with Gasteiger partial charge in [-0.25, -0.2) is 0 Å². The van der Waals surface area contributed by atoms with Gasteiger partial charge in [-0.1, -0.05) is 13.0 Å². The Bertz CT molecular complexity index is 456. The fourth-order valence-corrected chi connectivity index (χ4v) is 1.88. The van der Waals surface area contributed by atoms with Gasteiger partial charge in [0.2, 0.25) is 5.91 Å². The van der Waals surface area contributed by atoms with Crippen LogP contribution in [0.5, 0.6) is 5.75 Å². The van der Waals surface area contributed by atoms with Crippen LogP contribution in [-0.4, -0.2) is 25.6 Å². The van der Waals surface area contributed by atoms with Crippen molar-refractivity contribution in [2.75, 3.05) is 18.4 Å². The number of rotatable bonds is 5. The number of nitrogens with one attached hydrogen (secondary N) is 2. The van der Waals surface area contributed by atoms with Gasteiger partial charge in [0.15, 0.2) is 0 Å². The summed E-state index contributed by atoms with van der Waals surface area (Å²) < 4.78 is 28.5. The van der Waals surface area contributed by atoms with Crippen LogP contribution in [0.15, 0.2) is 24.3 Å². The van der Waals surface area contributed by atoms with Gasteiger partial charge < -0.3 is 15.4 Å². The van der Waals surface area contributed by atoms with Gasteiger partial charge >= 0.3 is 6.61 Å². The van der Waals surface area contributed by atoms with Gasteiger partial charge in [0.05, 0.1) is 0 Å². The highest BCUT2D eigenvalue weighted by atomic mass is 35.5. The lowest BCUT2D eigenvalue weighted by Gasteiger charge is -2.31. The third-order valence-electron chi connectivity index (χ3n) is 3.26. The minimum absolute atomic E-state index is 0. The van der Waals surface area contributed by atoms with Gasteiger partial charge in [0, 0.05) is 17.7 Å². The monoisotopic (exact) mass is 306 g/mol. The van der Waals surface area contributed by atoms with Gasteiger partial charge in [-0.05, 0) is 31.1 Å². The number of alkyl halides is 2. The van der Waals surface area contributed by atoms with Crippen LogP contribution in [0.4, 0.5) is 14.5 Å². The smallest absolute Gasteiger partial charge is 0.387 e. The lowest BCUT2D eigenvalue weighted by atomic mass is 9.88. The maximum Gasteiger partial charge on any atom is 0.387 e. The van der Waals surface area contributed by atoms with Crippen LogP contribution in [0.1, 0.15) is 6.92 Å². The Labute approximate surface area is 122 Å². The third kappa shape index (κ3) is 4.31. The van der Waals surface area contributed by atoms with E-state index >= 15 is 0 Å². The van der Waals surface area contributed by atoms with Crippen molar-refractivity contribution in [3.8, 4) is 5.75 Å². The fourth-order valence-electron chi connectivity index (χ4n) is 1.88. The molecular formula is C13H17ClF2N2O2. The van der Waals surface area contributed by atoms with E-state index in [1.807, 2.05) is 6.92 Å². The second-order valence-corrected chi connectivity index (χ2v) is 4.60. The van der Waals surface area contributed by atoms with Crippen LogP contribution < -0.4 is 15.4 Å². The fraction of sp³-hybridized carbons (Fsp3) is 0.462. The summed E-state index contributed by atoms with van der Waals surface area (Å²) in [4.78, 5) is 12.0. The number of carbonyl (C=O) groups is 1. The van der Waals surface area contributed by atoms with Crippen molar-refractivity contribution in [1.82, 2.24) is 5.32 Å². The Morgan fingerprint density at radius 2 is 2.15 bits per heavy atom. The number of hydrogen-bond donors (Lipinski definition) is 2. The zero-order chi connectivity index (χ0) is 13.8. The molecule has 0 saturated carbocycles. The molecule has 1 aliphatic rings. The molecule has 2 rings (SSSR count). The Kier molecular flexibility index (Phi) is 6.16. The number of anilines is 1. The number of halogens is 3. The van der Waals surface area contributed by atoms with Gasteiger partial charge in [-0.15, -0.1) is 12.4 Å². The highest BCUT2D eigenvalue weighted by Gasteiger charge is 2.28. The van der Waals surface area contributed by atoms with Crippen molar-refractivity contribution >= 4 is 24.0 Å². The number of benzene rings is 1. The van der Waals surface area contributed by atoms with E-state index < -0.39 is 6.61 Å². The second kappa shape index (κ2) is 7.40. The van der Waals surface area contributed by atoms with Crippen LogP contribution >= 0.6 is 12.4 Å². The van der Waals surface area contributed by atoms with E-state index in [1.165, 1.54) is 12.1 Å². The normalized spacial score (nSPS) is 16.0. The summed E-state index contributed by atoms with van der Waals surface area (Å²) in [6, 6.07) is 6.00. The first-order valence-electron chi connectivity index (χ1n) is 6.12. The molecule has 1 heterocycles. The third-order valence-corrected chi connectivity index (χ3v) is 3.26. The second-order valence-electron chi connectivity index (χ2n) is 4.60. The molecule has 2 N–H and O–H groups in total. The van der Waals surface area contributed by atoms with Crippen molar-refractivity contribution in [3.63, 3.8) is 0 Å². The van der Waals surface area contributed by atoms with Gasteiger partial charge in [0.25, 0.3) is 0 Å².